The van der Waals surface area contributed by atoms with Gasteiger partial charge in [0.05, 0.1) is 28.0 Å². The van der Waals surface area contributed by atoms with E-state index in [9.17, 15) is 19.5 Å². The molecule has 1 fully saturated rings. The lowest BCUT2D eigenvalue weighted by Gasteiger charge is -2.28. The predicted octanol–water partition coefficient (Wildman–Crippen LogP) is 5.64. The first-order chi connectivity index (χ1) is 19.4. The fourth-order valence-electron chi connectivity index (χ4n) is 5.63. The molecule has 0 atom stereocenters. The number of likely N-dealkylation sites (tertiary alicyclic amines) is 1. The number of carbonyl (C=O) groups excluding carboxylic acids is 2. The molecule has 0 saturated carbocycles. The molecule has 2 aliphatic heterocycles. The van der Waals surface area contributed by atoms with E-state index in [2.05, 4.69) is 22.6 Å². The van der Waals surface area contributed by atoms with Crippen LogP contribution in [0.2, 0.25) is 0 Å². The fraction of sp³-hybridized carbons (Fsp3) is 0.219. The SMILES string of the molecule is CN1CCC(CC(=O)n2ccc3cc(N/C(=C4\C(=O)Nc5cc(C(=O)O)ccc54)c4ccccc4)ccc32)CC1. The molecule has 8 heteroatoms. The number of benzene rings is 3. The normalized spacial score (nSPS) is 17.0. The molecule has 202 valence electrons. The maximum absolute atomic E-state index is 13.2. The van der Waals surface area contributed by atoms with Crippen LogP contribution in [0.15, 0.2) is 79.0 Å². The van der Waals surface area contributed by atoms with Crippen LogP contribution in [0.25, 0.3) is 22.2 Å². The highest BCUT2D eigenvalue weighted by molar-refractivity contribution is 6.37. The molecule has 0 aliphatic carbocycles. The number of hydrogen-bond donors (Lipinski definition) is 3. The minimum atomic E-state index is -1.05. The average molecular weight is 535 g/mol. The maximum Gasteiger partial charge on any atom is 0.335 e. The van der Waals surface area contributed by atoms with Crippen molar-refractivity contribution in [1.82, 2.24) is 9.47 Å². The van der Waals surface area contributed by atoms with Gasteiger partial charge < -0.3 is 20.6 Å². The van der Waals surface area contributed by atoms with Gasteiger partial charge in [0.2, 0.25) is 5.91 Å². The van der Waals surface area contributed by atoms with Gasteiger partial charge in [-0.25, -0.2) is 4.79 Å². The molecular formula is C32H30N4O4. The van der Waals surface area contributed by atoms with E-state index < -0.39 is 5.97 Å². The third-order valence-electron chi connectivity index (χ3n) is 7.85. The lowest BCUT2D eigenvalue weighted by atomic mass is 9.93. The zero-order valence-electron chi connectivity index (χ0n) is 22.2. The zero-order valence-corrected chi connectivity index (χ0v) is 22.2. The van der Waals surface area contributed by atoms with Crippen molar-refractivity contribution in [3.8, 4) is 0 Å². The number of carboxylic acid groups (broad SMARTS) is 1. The summed E-state index contributed by atoms with van der Waals surface area (Å²) in [5.74, 6) is -0.844. The zero-order chi connectivity index (χ0) is 27.8. The molecule has 0 radical (unpaired) electrons. The standard InChI is InChI=1S/C32H30N4O4/c1-35-14-11-20(12-15-35)17-28(37)36-16-13-22-18-24(8-10-27(22)36)33-30(21-5-3-2-4-6-21)29-25-9-7-23(32(39)40)19-26(25)34-31(29)38/h2-10,13,16,18-20,33H,11-12,14-15,17H2,1H3,(H,34,38)(H,39,40)/b30-29-. The van der Waals surface area contributed by atoms with Gasteiger partial charge in [-0.15, -0.1) is 0 Å². The van der Waals surface area contributed by atoms with Crippen LogP contribution in [-0.4, -0.2) is 52.5 Å². The number of anilines is 2. The van der Waals surface area contributed by atoms with Gasteiger partial charge in [-0.1, -0.05) is 36.4 Å². The summed E-state index contributed by atoms with van der Waals surface area (Å²) in [5, 5.41) is 16.6. The number of fused-ring (bicyclic) bond motifs is 2. The smallest absolute Gasteiger partial charge is 0.335 e. The summed E-state index contributed by atoms with van der Waals surface area (Å²) in [6.45, 7) is 2.06. The highest BCUT2D eigenvalue weighted by Crippen LogP contribution is 2.38. The lowest BCUT2D eigenvalue weighted by molar-refractivity contribution is -0.110. The summed E-state index contributed by atoms with van der Waals surface area (Å²) in [5.41, 5.74) is 4.67. The van der Waals surface area contributed by atoms with E-state index in [1.807, 2.05) is 60.8 Å². The first kappa shape index (κ1) is 25.6. The molecule has 3 N–H and O–H groups in total. The van der Waals surface area contributed by atoms with Crippen LogP contribution in [0.1, 0.15) is 45.5 Å². The molecule has 0 spiro atoms. The number of piperidine rings is 1. The Balaban J connectivity index is 1.33. The highest BCUT2D eigenvalue weighted by Gasteiger charge is 2.29. The van der Waals surface area contributed by atoms with E-state index in [0.29, 0.717) is 34.9 Å². The Labute approximate surface area is 231 Å². The fourth-order valence-corrected chi connectivity index (χ4v) is 5.63. The van der Waals surface area contributed by atoms with Gasteiger partial charge in [0.1, 0.15) is 0 Å². The molecule has 40 heavy (non-hydrogen) atoms. The quantitative estimate of drug-likeness (QED) is 0.277. The van der Waals surface area contributed by atoms with E-state index in [0.717, 1.165) is 48.1 Å². The van der Waals surface area contributed by atoms with Gasteiger partial charge >= 0.3 is 5.97 Å². The molecule has 1 amide bonds. The third-order valence-corrected chi connectivity index (χ3v) is 7.85. The molecule has 2 aliphatic rings. The first-order valence-corrected chi connectivity index (χ1v) is 13.5. The summed E-state index contributed by atoms with van der Waals surface area (Å²) in [6.07, 6.45) is 4.46. The van der Waals surface area contributed by atoms with E-state index in [4.69, 9.17) is 0 Å². The number of amides is 1. The minimum Gasteiger partial charge on any atom is -0.478 e. The molecule has 6 rings (SSSR count). The number of nitrogens with zero attached hydrogens (tertiary/aromatic N) is 2. The second-order valence-corrected chi connectivity index (χ2v) is 10.6. The second kappa shape index (κ2) is 10.5. The molecule has 1 aromatic heterocycles. The Morgan fingerprint density at radius 3 is 2.50 bits per heavy atom. The van der Waals surface area contributed by atoms with Crippen molar-refractivity contribution in [3.63, 3.8) is 0 Å². The summed E-state index contributed by atoms with van der Waals surface area (Å²) in [4.78, 5) is 40.1. The van der Waals surface area contributed by atoms with Crippen molar-refractivity contribution in [2.45, 2.75) is 19.3 Å². The molecular weight excluding hydrogens is 504 g/mol. The van der Waals surface area contributed by atoms with Gasteiger partial charge in [0.25, 0.3) is 5.91 Å². The monoisotopic (exact) mass is 534 g/mol. The molecule has 1 saturated heterocycles. The molecule has 3 aromatic carbocycles. The van der Waals surface area contributed by atoms with Gasteiger partial charge in [-0.3, -0.25) is 14.2 Å². The van der Waals surface area contributed by atoms with Crippen molar-refractivity contribution in [2.24, 2.45) is 5.92 Å². The summed E-state index contributed by atoms with van der Waals surface area (Å²) < 4.78 is 1.74. The Morgan fingerprint density at radius 1 is 0.975 bits per heavy atom. The van der Waals surface area contributed by atoms with E-state index in [1.54, 1.807) is 10.6 Å². The number of aromatic carboxylic acids is 1. The van der Waals surface area contributed by atoms with Crippen molar-refractivity contribution in [2.75, 3.05) is 30.8 Å². The Bertz CT molecular complexity index is 1660. The number of hydrogen-bond acceptors (Lipinski definition) is 5. The van der Waals surface area contributed by atoms with Gasteiger partial charge in [0, 0.05) is 29.3 Å². The summed E-state index contributed by atoms with van der Waals surface area (Å²) in [6, 6.07) is 21.9. The van der Waals surface area contributed by atoms with Gasteiger partial charge in [-0.2, -0.15) is 0 Å². The van der Waals surface area contributed by atoms with E-state index in [1.165, 1.54) is 12.1 Å². The lowest BCUT2D eigenvalue weighted by Crippen LogP contribution is -2.31. The molecule has 8 nitrogen and oxygen atoms in total. The summed E-state index contributed by atoms with van der Waals surface area (Å²) >= 11 is 0. The van der Waals surface area contributed by atoms with Crippen LogP contribution < -0.4 is 10.6 Å². The Kier molecular flexibility index (Phi) is 6.69. The molecule has 3 heterocycles. The Morgan fingerprint density at radius 2 is 1.75 bits per heavy atom. The topological polar surface area (TPSA) is 104 Å². The van der Waals surface area contributed by atoms with Crippen LogP contribution in [0.4, 0.5) is 11.4 Å². The van der Waals surface area contributed by atoms with E-state index in [-0.39, 0.29) is 17.4 Å². The number of carboxylic acids is 1. The third kappa shape index (κ3) is 4.89. The molecule has 0 unspecified atom stereocenters. The predicted molar refractivity (Wildman–Crippen MR) is 156 cm³/mol. The van der Waals surface area contributed by atoms with Crippen LogP contribution in [0.5, 0.6) is 0 Å². The number of aromatic nitrogens is 1. The van der Waals surface area contributed by atoms with Gasteiger partial charge in [0.15, 0.2) is 0 Å². The Hall–Kier alpha value is -4.69. The number of carbonyl (C=O) groups is 3. The van der Waals surface area contributed by atoms with Crippen molar-refractivity contribution < 1.29 is 19.5 Å². The second-order valence-electron chi connectivity index (χ2n) is 10.6. The van der Waals surface area contributed by atoms with Crippen molar-refractivity contribution >= 4 is 51.3 Å². The summed E-state index contributed by atoms with van der Waals surface area (Å²) in [7, 11) is 2.12. The molecule has 4 aromatic rings. The number of nitrogens with one attached hydrogen (secondary N) is 2. The number of rotatable bonds is 6. The minimum absolute atomic E-state index is 0.106. The van der Waals surface area contributed by atoms with E-state index >= 15 is 0 Å². The van der Waals surface area contributed by atoms with Crippen LogP contribution in [-0.2, 0) is 4.79 Å². The molecule has 0 bridgehead atoms. The van der Waals surface area contributed by atoms with Gasteiger partial charge in [-0.05, 0) is 80.9 Å². The van der Waals surface area contributed by atoms with Crippen molar-refractivity contribution in [3.05, 3.63) is 95.7 Å². The van der Waals surface area contributed by atoms with Crippen LogP contribution >= 0.6 is 0 Å². The van der Waals surface area contributed by atoms with Crippen molar-refractivity contribution in [1.29, 1.82) is 0 Å². The highest BCUT2D eigenvalue weighted by atomic mass is 16.4. The largest absolute Gasteiger partial charge is 0.478 e. The van der Waals surface area contributed by atoms with Crippen LogP contribution in [0, 0.1) is 5.92 Å². The maximum atomic E-state index is 13.2. The average Bonchev–Trinajstić information content (AvgIpc) is 3.53. The first-order valence-electron chi connectivity index (χ1n) is 13.5. The van der Waals surface area contributed by atoms with Crippen LogP contribution in [0.3, 0.4) is 0 Å².